The Morgan fingerprint density at radius 1 is 0.578 bits per heavy atom. The summed E-state index contributed by atoms with van der Waals surface area (Å²) in [7, 11) is 0. The lowest BCUT2D eigenvalue weighted by molar-refractivity contribution is 0.600. The van der Waals surface area contributed by atoms with Gasteiger partial charge in [-0.2, -0.15) is 0 Å². The van der Waals surface area contributed by atoms with Gasteiger partial charge in [-0.1, -0.05) is 78.1 Å². The molecule has 9 heteroatoms. The topological polar surface area (TPSA) is 68.7 Å². The van der Waals surface area contributed by atoms with Gasteiger partial charge in [-0.25, -0.2) is 9.97 Å². The van der Waals surface area contributed by atoms with Gasteiger partial charge in [0, 0.05) is 21.5 Å². The Bertz CT molecular complexity index is 2260. The number of aryl methyl sites for hydroxylation is 2. The highest BCUT2D eigenvalue weighted by Gasteiger charge is 2.30. The van der Waals surface area contributed by atoms with Crippen molar-refractivity contribution in [3.05, 3.63) is 54.7 Å². The Morgan fingerprint density at radius 3 is 1.44 bits per heavy atom. The number of pyridine rings is 2. The third-order valence-electron chi connectivity index (χ3n) is 9.75. The van der Waals surface area contributed by atoms with Crippen LogP contribution in [0.3, 0.4) is 0 Å². The largest absolute Gasteiger partial charge is 0.274 e. The van der Waals surface area contributed by atoms with Crippen LogP contribution in [0, 0.1) is 0 Å². The second-order valence-corrected chi connectivity index (χ2v) is 15.4. The molecule has 6 nitrogen and oxygen atoms in total. The molecule has 0 N–H and O–H groups in total. The number of rotatable bonds is 14. The van der Waals surface area contributed by atoms with Crippen molar-refractivity contribution in [1.29, 1.82) is 0 Å². The van der Waals surface area contributed by atoms with Gasteiger partial charge in [-0.05, 0) is 59.7 Å². The summed E-state index contributed by atoms with van der Waals surface area (Å²) in [5, 5.41) is 8.10. The number of unbranched alkanes of at least 4 members (excludes halogenated alkanes) is 10. The molecule has 232 valence electrons. The van der Waals surface area contributed by atoms with Crippen LogP contribution in [0.2, 0.25) is 0 Å². The molecule has 0 amide bonds. The lowest BCUT2D eigenvalue weighted by Crippen LogP contribution is -2.14. The molecule has 8 aromatic rings. The minimum absolute atomic E-state index is 0.0622. The Hall–Kier alpha value is -3.14. The van der Waals surface area contributed by atoms with Gasteiger partial charge in [0.25, 0.3) is 11.1 Å². The number of hydrogen-bond acceptors (Lipinski definition) is 7. The van der Waals surface area contributed by atoms with E-state index in [0.29, 0.717) is 9.40 Å². The summed E-state index contributed by atoms with van der Waals surface area (Å²) in [4.78, 5) is 40.6. The first-order valence-corrected chi connectivity index (χ1v) is 19.4. The van der Waals surface area contributed by atoms with Crippen LogP contribution in [0.15, 0.2) is 32.5 Å². The maximum atomic E-state index is 14.3. The Labute approximate surface area is 273 Å². The van der Waals surface area contributed by atoms with E-state index in [-0.39, 0.29) is 11.1 Å². The van der Waals surface area contributed by atoms with Crippen LogP contribution in [0.1, 0.15) is 102 Å². The number of hydrogen-bond donors (Lipinski definition) is 0. The Balaban J connectivity index is 1.44. The molecular formula is C36H38N4O2S3. The predicted octanol–water partition coefficient (Wildman–Crippen LogP) is 10.3. The number of imidazole rings is 2. The summed E-state index contributed by atoms with van der Waals surface area (Å²) in [5.41, 5.74) is 5.79. The highest BCUT2D eigenvalue weighted by atomic mass is 32.1. The summed E-state index contributed by atoms with van der Waals surface area (Å²) >= 11 is 4.55. The van der Waals surface area contributed by atoms with Crippen molar-refractivity contribution >= 4 is 96.9 Å². The van der Waals surface area contributed by atoms with Crippen molar-refractivity contribution < 1.29 is 0 Å². The van der Waals surface area contributed by atoms with E-state index in [9.17, 15) is 9.59 Å². The van der Waals surface area contributed by atoms with Gasteiger partial charge in [0.2, 0.25) is 0 Å². The third kappa shape index (κ3) is 4.52. The summed E-state index contributed by atoms with van der Waals surface area (Å²) in [5.74, 6) is 0. The maximum Gasteiger partial charge on any atom is 0.274 e. The van der Waals surface area contributed by atoms with Crippen molar-refractivity contribution in [2.75, 3.05) is 0 Å². The first-order valence-electron chi connectivity index (χ1n) is 16.8. The number of thiophene rings is 3. The van der Waals surface area contributed by atoms with Crippen molar-refractivity contribution in [2.24, 2.45) is 0 Å². The molecule has 7 heterocycles. The van der Waals surface area contributed by atoms with E-state index in [1.165, 1.54) is 86.7 Å². The highest BCUT2D eigenvalue weighted by Crippen LogP contribution is 2.46. The highest BCUT2D eigenvalue weighted by molar-refractivity contribution is 7.26. The van der Waals surface area contributed by atoms with Crippen LogP contribution >= 0.6 is 34.0 Å². The van der Waals surface area contributed by atoms with E-state index in [4.69, 9.17) is 9.97 Å². The summed E-state index contributed by atoms with van der Waals surface area (Å²) < 4.78 is 5.01. The molecule has 0 saturated heterocycles. The zero-order valence-electron chi connectivity index (χ0n) is 26.0. The Kier molecular flexibility index (Phi) is 7.74. The monoisotopic (exact) mass is 654 g/mol. The van der Waals surface area contributed by atoms with E-state index in [2.05, 4.69) is 13.8 Å². The SMILES string of the molecule is CCCCCCCCc1c(CCCCCCCC)c2c3c(sc4c(=O)n5c6ccsc6nc5c1c43)c(=O)n1c3ccsc3nc21. The van der Waals surface area contributed by atoms with E-state index in [1.807, 2.05) is 31.7 Å². The number of nitrogens with zero attached hydrogens (tertiary/aromatic N) is 4. The van der Waals surface area contributed by atoms with Gasteiger partial charge >= 0.3 is 0 Å². The van der Waals surface area contributed by atoms with Crippen molar-refractivity contribution in [1.82, 2.24) is 18.8 Å². The molecule has 0 aliphatic heterocycles. The maximum absolute atomic E-state index is 14.3. The Morgan fingerprint density at radius 2 is 1.00 bits per heavy atom. The fourth-order valence-corrected chi connectivity index (χ4v) is 10.3. The molecular weight excluding hydrogens is 617 g/mol. The molecule has 0 radical (unpaired) electrons. The molecule has 0 spiro atoms. The molecule has 0 saturated carbocycles. The van der Waals surface area contributed by atoms with E-state index >= 15 is 0 Å². The van der Waals surface area contributed by atoms with E-state index in [1.54, 1.807) is 22.7 Å². The number of fused-ring (bicyclic) bond motifs is 8. The standard InChI is InChI=1S/C36H38N4O2S3/c1-3-5-7-9-11-13-15-21-22(16-14-12-10-8-6-4-2)26-28-27-25(21)31-37-33-23(17-19-43-33)39(31)35(41)29(27)45-30(28)36(42)40-24-18-20-44-34(24)38-32(26)40/h17-20H,3-16H2,1-2H3. The molecule has 0 aliphatic rings. The van der Waals surface area contributed by atoms with Gasteiger partial charge < -0.3 is 0 Å². The van der Waals surface area contributed by atoms with E-state index in [0.717, 1.165) is 79.2 Å². The fourth-order valence-electron chi connectivity index (χ4n) is 7.59. The van der Waals surface area contributed by atoms with Gasteiger partial charge in [-0.15, -0.1) is 34.0 Å². The van der Waals surface area contributed by atoms with Gasteiger partial charge in [-0.3, -0.25) is 18.4 Å². The summed E-state index contributed by atoms with van der Waals surface area (Å²) in [6.45, 7) is 4.53. The van der Waals surface area contributed by atoms with Crippen LogP contribution in [0.25, 0.3) is 62.9 Å². The third-order valence-corrected chi connectivity index (χ3v) is 12.5. The van der Waals surface area contributed by atoms with Gasteiger partial charge in [0.05, 0.1) is 11.0 Å². The van der Waals surface area contributed by atoms with Gasteiger partial charge in [0.1, 0.15) is 30.4 Å². The predicted molar refractivity (Wildman–Crippen MR) is 194 cm³/mol. The normalized spacial score (nSPS) is 12.8. The minimum atomic E-state index is -0.0622. The van der Waals surface area contributed by atoms with Crippen molar-refractivity contribution in [3.63, 3.8) is 0 Å². The number of benzene rings is 1. The molecule has 0 unspecified atom stereocenters. The molecule has 8 rings (SSSR count). The fraction of sp³-hybridized carbons (Fsp3) is 0.444. The van der Waals surface area contributed by atoms with Crippen LogP contribution < -0.4 is 11.1 Å². The first-order chi connectivity index (χ1) is 22.1. The average molecular weight is 655 g/mol. The minimum Gasteiger partial charge on any atom is -0.267 e. The van der Waals surface area contributed by atoms with Crippen LogP contribution in [0.4, 0.5) is 0 Å². The number of aromatic nitrogens is 4. The average Bonchev–Trinajstić information content (AvgIpc) is 3.85. The van der Waals surface area contributed by atoms with Crippen LogP contribution in [-0.2, 0) is 12.8 Å². The summed E-state index contributed by atoms with van der Waals surface area (Å²) in [6.07, 6.45) is 16.6. The molecule has 0 bridgehead atoms. The first kappa shape index (κ1) is 29.3. The molecule has 1 aromatic carbocycles. The van der Waals surface area contributed by atoms with Crippen molar-refractivity contribution in [3.8, 4) is 0 Å². The van der Waals surface area contributed by atoms with Crippen LogP contribution in [0.5, 0.6) is 0 Å². The van der Waals surface area contributed by atoms with Crippen LogP contribution in [-0.4, -0.2) is 18.8 Å². The second kappa shape index (κ2) is 11.9. The lowest BCUT2D eigenvalue weighted by Gasteiger charge is -2.18. The smallest absolute Gasteiger partial charge is 0.267 e. The lowest BCUT2D eigenvalue weighted by atomic mass is 9.87. The molecule has 0 atom stereocenters. The van der Waals surface area contributed by atoms with E-state index < -0.39 is 0 Å². The quantitative estimate of drug-likeness (QED) is 0.0864. The zero-order chi connectivity index (χ0) is 30.7. The van der Waals surface area contributed by atoms with Crippen molar-refractivity contribution in [2.45, 2.75) is 104 Å². The summed E-state index contributed by atoms with van der Waals surface area (Å²) in [6, 6.07) is 4.02. The molecule has 45 heavy (non-hydrogen) atoms. The molecule has 7 aromatic heterocycles. The molecule has 0 aliphatic carbocycles. The van der Waals surface area contributed by atoms with Gasteiger partial charge in [0.15, 0.2) is 0 Å². The zero-order valence-corrected chi connectivity index (χ0v) is 28.5. The second-order valence-electron chi connectivity index (χ2n) is 12.6. The molecule has 0 fully saturated rings.